The summed E-state index contributed by atoms with van der Waals surface area (Å²) in [6.07, 6.45) is 5.97. The van der Waals surface area contributed by atoms with E-state index in [1.54, 1.807) is 49.9 Å². The number of anilines is 3. The van der Waals surface area contributed by atoms with E-state index in [1.807, 2.05) is 45.0 Å². The molecule has 252 valence electrons. The maximum absolute atomic E-state index is 13.6. The molecule has 6 rings (SSSR count). The van der Waals surface area contributed by atoms with Gasteiger partial charge in [0, 0.05) is 41.0 Å². The maximum Gasteiger partial charge on any atom is 0.412 e. The minimum atomic E-state index is -0.592. The second kappa shape index (κ2) is 13.0. The highest BCUT2D eigenvalue weighted by Crippen LogP contribution is 2.57. The van der Waals surface area contributed by atoms with E-state index in [9.17, 15) is 19.2 Å². The fraction of sp³-hybridized carbons (Fsp3) is 0.514. The zero-order valence-electron chi connectivity index (χ0n) is 28.5. The predicted octanol–water partition coefficient (Wildman–Crippen LogP) is 7.98. The van der Waals surface area contributed by atoms with Gasteiger partial charge in [0.2, 0.25) is 11.8 Å². The molecular formula is C37H48N4O6. The van der Waals surface area contributed by atoms with Crippen LogP contribution in [0.1, 0.15) is 92.1 Å². The van der Waals surface area contributed by atoms with E-state index in [-0.39, 0.29) is 17.9 Å². The third-order valence-electron chi connectivity index (χ3n) is 9.37. The molecule has 3 N–H and O–H groups in total. The van der Waals surface area contributed by atoms with Crippen molar-refractivity contribution in [2.24, 2.45) is 10.8 Å². The second-order valence-electron chi connectivity index (χ2n) is 15.2. The van der Waals surface area contributed by atoms with Crippen LogP contribution >= 0.6 is 0 Å². The van der Waals surface area contributed by atoms with Crippen molar-refractivity contribution in [3.63, 3.8) is 0 Å². The van der Waals surface area contributed by atoms with Crippen LogP contribution < -0.4 is 16.0 Å². The standard InChI is InChI=1S/C37H48N4O6/c1-34(2,3)46-32(44)40-29-13-11-28(12-14-29)39-31(43)37-20-17-36(18-21-37,19-22-37)30(42)38-27-9-7-25(8-10-27)26-15-23-41(24-16-26)33(45)47-35(4,5)6/h7-15H,16-24H2,1-6H3,(H,38,42)(H,39,43)(H,40,44). The van der Waals surface area contributed by atoms with E-state index in [1.165, 1.54) is 5.57 Å². The number of carbonyl (C=O) groups excluding carboxylic acids is 4. The summed E-state index contributed by atoms with van der Waals surface area (Å²) in [5, 5.41) is 8.91. The van der Waals surface area contributed by atoms with Crippen molar-refractivity contribution in [3.8, 4) is 0 Å². The molecule has 3 aliphatic carbocycles. The number of carbonyl (C=O) groups is 4. The van der Waals surface area contributed by atoms with Gasteiger partial charge in [-0.1, -0.05) is 18.2 Å². The molecule has 3 fully saturated rings. The molecule has 4 aliphatic rings. The number of rotatable bonds is 6. The fourth-order valence-electron chi connectivity index (χ4n) is 6.64. The normalized spacial score (nSPS) is 22.5. The van der Waals surface area contributed by atoms with Crippen molar-refractivity contribution >= 4 is 46.6 Å². The lowest BCUT2D eigenvalue weighted by Crippen LogP contribution is -2.52. The quantitative estimate of drug-likeness (QED) is 0.293. The van der Waals surface area contributed by atoms with E-state index >= 15 is 0 Å². The molecule has 0 radical (unpaired) electrons. The zero-order valence-corrected chi connectivity index (χ0v) is 28.5. The van der Waals surface area contributed by atoms with Crippen molar-refractivity contribution in [1.82, 2.24) is 4.90 Å². The Hall–Kier alpha value is -4.34. The largest absolute Gasteiger partial charge is 0.444 e. The van der Waals surface area contributed by atoms with Crippen LogP contribution in [-0.4, -0.2) is 53.2 Å². The Labute approximate surface area is 277 Å². The summed E-state index contributed by atoms with van der Waals surface area (Å²) in [6, 6.07) is 14.9. The van der Waals surface area contributed by atoms with Crippen LogP contribution in [0.2, 0.25) is 0 Å². The van der Waals surface area contributed by atoms with Crippen LogP contribution in [0.25, 0.3) is 5.57 Å². The molecule has 3 saturated carbocycles. The lowest BCUT2D eigenvalue weighted by molar-refractivity contribution is -0.144. The lowest BCUT2D eigenvalue weighted by atomic mass is 9.53. The summed E-state index contributed by atoms with van der Waals surface area (Å²) in [4.78, 5) is 53.2. The van der Waals surface area contributed by atoms with Crippen LogP contribution in [0.5, 0.6) is 0 Å². The molecule has 2 aromatic carbocycles. The predicted molar refractivity (Wildman–Crippen MR) is 183 cm³/mol. The first-order valence-electron chi connectivity index (χ1n) is 16.6. The minimum absolute atomic E-state index is 0.0131. The van der Waals surface area contributed by atoms with Crippen molar-refractivity contribution in [3.05, 3.63) is 60.2 Å². The van der Waals surface area contributed by atoms with Gasteiger partial charge in [-0.2, -0.15) is 0 Å². The van der Waals surface area contributed by atoms with Gasteiger partial charge < -0.3 is 25.0 Å². The van der Waals surface area contributed by atoms with Crippen molar-refractivity contribution < 1.29 is 28.7 Å². The van der Waals surface area contributed by atoms with Crippen LogP contribution in [-0.2, 0) is 19.1 Å². The molecule has 4 amide bonds. The number of hydrogen-bond acceptors (Lipinski definition) is 6. The van der Waals surface area contributed by atoms with Crippen LogP contribution in [0, 0.1) is 10.8 Å². The maximum atomic E-state index is 13.6. The smallest absolute Gasteiger partial charge is 0.412 e. The second-order valence-corrected chi connectivity index (χ2v) is 15.2. The highest BCUT2D eigenvalue weighted by Gasteiger charge is 2.55. The third kappa shape index (κ3) is 8.34. The topological polar surface area (TPSA) is 126 Å². The van der Waals surface area contributed by atoms with Crippen molar-refractivity contribution in [2.45, 2.75) is 97.7 Å². The Kier molecular flexibility index (Phi) is 9.44. The average molecular weight is 645 g/mol. The van der Waals surface area contributed by atoms with Crippen LogP contribution in [0.4, 0.5) is 26.7 Å². The average Bonchev–Trinajstić information content (AvgIpc) is 3.01. The molecular weight excluding hydrogens is 596 g/mol. The SMILES string of the molecule is CC(C)(C)OC(=O)Nc1ccc(NC(=O)C23CCC(C(=O)Nc4ccc(C5=CCN(C(=O)OC(C)(C)C)CC5)cc4)(CC2)CC3)cc1. The van der Waals surface area contributed by atoms with Gasteiger partial charge >= 0.3 is 12.2 Å². The number of nitrogens with zero attached hydrogens (tertiary/aromatic N) is 1. The number of amides is 4. The number of ether oxygens (including phenoxy) is 2. The van der Waals surface area contributed by atoms with E-state index in [2.05, 4.69) is 22.0 Å². The number of benzene rings is 2. The van der Waals surface area contributed by atoms with Gasteiger partial charge in [0.1, 0.15) is 11.2 Å². The van der Waals surface area contributed by atoms with Gasteiger partial charge in [-0.05, 0) is 134 Å². The third-order valence-corrected chi connectivity index (χ3v) is 9.37. The number of hydrogen-bond donors (Lipinski definition) is 3. The molecule has 1 aliphatic heterocycles. The molecule has 0 atom stereocenters. The Morgan fingerprint density at radius 3 is 1.47 bits per heavy atom. The van der Waals surface area contributed by atoms with Gasteiger partial charge in [0.25, 0.3) is 0 Å². The molecule has 0 spiro atoms. The summed E-state index contributed by atoms with van der Waals surface area (Å²) >= 11 is 0. The van der Waals surface area contributed by atoms with E-state index in [4.69, 9.17) is 9.47 Å². The highest BCUT2D eigenvalue weighted by atomic mass is 16.6. The molecule has 1 heterocycles. The van der Waals surface area contributed by atoms with E-state index < -0.39 is 28.1 Å². The van der Waals surface area contributed by atoms with Crippen molar-refractivity contribution in [2.75, 3.05) is 29.0 Å². The van der Waals surface area contributed by atoms with E-state index in [0.717, 1.165) is 17.7 Å². The minimum Gasteiger partial charge on any atom is -0.444 e. The summed E-state index contributed by atoms with van der Waals surface area (Å²) in [6.45, 7) is 12.1. The van der Waals surface area contributed by atoms with Crippen molar-refractivity contribution in [1.29, 1.82) is 0 Å². The molecule has 10 heteroatoms. The molecule has 2 bridgehead atoms. The molecule has 47 heavy (non-hydrogen) atoms. The van der Waals surface area contributed by atoms with Crippen LogP contribution in [0.3, 0.4) is 0 Å². The molecule has 2 aromatic rings. The van der Waals surface area contributed by atoms with Gasteiger partial charge in [-0.15, -0.1) is 0 Å². The Balaban J connectivity index is 1.11. The van der Waals surface area contributed by atoms with Crippen LogP contribution in [0.15, 0.2) is 54.6 Å². The number of nitrogens with one attached hydrogen (secondary N) is 3. The molecule has 0 saturated heterocycles. The van der Waals surface area contributed by atoms with Gasteiger partial charge in [-0.25, -0.2) is 9.59 Å². The summed E-state index contributed by atoms with van der Waals surface area (Å²) in [5.41, 5.74) is 2.18. The Bertz CT molecular complexity index is 1510. The van der Waals surface area contributed by atoms with Gasteiger partial charge in [0.05, 0.1) is 0 Å². The lowest BCUT2D eigenvalue weighted by Gasteiger charge is -2.51. The number of fused-ring (bicyclic) bond motifs is 3. The summed E-state index contributed by atoms with van der Waals surface area (Å²) in [5.74, 6) is 0.0119. The first-order chi connectivity index (χ1) is 22.0. The first kappa shape index (κ1) is 34.0. The Morgan fingerprint density at radius 1 is 0.638 bits per heavy atom. The highest BCUT2D eigenvalue weighted by molar-refractivity contribution is 5.99. The summed E-state index contributed by atoms with van der Waals surface area (Å²) in [7, 11) is 0. The Morgan fingerprint density at radius 2 is 1.06 bits per heavy atom. The van der Waals surface area contributed by atoms with Gasteiger partial charge in [0.15, 0.2) is 0 Å². The fourth-order valence-corrected chi connectivity index (χ4v) is 6.64. The van der Waals surface area contributed by atoms with E-state index in [0.29, 0.717) is 63.0 Å². The molecule has 0 aromatic heterocycles. The first-order valence-corrected chi connectivity index (χ1v) is 16.6. The monoisotopic (exact) mass is 644 g/mol. The molecule has 10 nitrogen and oxygen atoms in total. The summed E-state index contributed by atoms with van der Waals surface area (Å²) < 4.78 is 10.8. The molecule has 0 unspecified atom stereocenters. The zero-order chi connectivity index (χ0) is 34.0. The van der Waals surface area contributed by atoms with Gasteiger partial charge in [-0.3, -0.25) is 14.9 Å².